The Bertz CT molecular complexity index is 1490. The number of nitrogens with zero attached hydrogens (tertiary/aromatic N) is 1. The van der Waals surface area contributed by atoms with E-state index in [4.69, 9.17) is 4.74 Å². The van der Waals surface area contributed by atoms with E-state index >= 15 is 0 Å². The number of benzene rings is 4. The van der Waals surface area contributed by atoms with Crippen LogP contribution in [0.4, 0.5) is 5.69 Å². The van der Waals surface area contributed by atoms with Crippen LogP contribution in [0.15, 0.2) is 128 Å². The number of amides is 1. The average molecular weight is 529 g/mol. The average Bonchev–Trinajstić information content (AvgIpc) is 3.02. The van der Waals surface area contributed by atoms with E-state index in [9.17, 15) is 9.59 Å². The van der Waals surface area contributed by atoms with Crippen molar-refractivity contribution in [1.82, 2.24) is 4.90 Å². The van der Waals surface area contributed by atoms with E-state index in [0.717, 1.165) is 40.9 Å². The Labute approximate surface area is 235 Å². The summed E-state index contributed by atoms with van der Waals surface area (Å²) in [6.45, 7) is 5.20. The summed E-state index contributed by atoms with van der Waals surface area (Å²) >= 11 is 0. The third-order valence-electron chi connectivity index (χ3n) is 7.06. The van der Waals surface area contributed by atoms with E-state index in [1.165, 1.54) is 5.57 Å². The number of esters is 1. The van der Waals surface area contributed by atoms with Crippen LogP contribution in [0.25, 0.3) is 16.7 Å². The second kappa shape index (κ2) is 12.9. The van der Waals surface area contributed by atoms with Gasteiger partial charge in [0.05, 0.1) is 0 Å². The minimum Gasteiger partial charge on any atom is -0.460 e. The number of rotatable bonds is 9. The summed E-state index contributed by atoms with van der Waals surface area (Å²) in [4.78, 5) is 28.2. The van der Waals surface area contributed by atoms with Crippen molar-refractivity contribution in [2.45, 2.75) is 12.5 Å². The van der Waals surface area contributed by atoms with Crippen molar-refractivity contribution in [1.29, 1.82) is 0 Å². The van der Waals surface area contributed by atoms with Crippen LogP contribution in [0.5, 0.6) is 0 Å². The van der Waals surface area contributed by atoms with Crippen LogP contribution in [-0.2, 0) is 9.53 Å². The van der Waals surface area contributed by atoms with Crippen LogP contribution in [-0.4, -0.2) is 36.5 Å². The van der Waals surface area contributed by atoms with Crippen molar-refractivity contribution in [3.05, 3.63) is 145 Å². The first-order chi connectivity index (χ1) is 19.6. The maximum Gasteiger partial charge on any atom is 0.328 e. The molecule has 1 aliphatic heterocycles. The maximum atomic E-state index is 13.2. The molecule has 4 aromatic rings. The summed E-state index contributed by atoms with van der Waals surface area (Å²) in [5.74, 6) is -0.410. The van der Waals surface area contributed by atoms with Crippen molar-refractivity contribution in [2.75, 3.05) is 25.0 Å². The Morgan fingerprint density at radius 1 is 0.850 bits per heavy atom. The molecule has 5 nitrogen and oxygen atoms in total. The van der Waals surface area contributed by atoms with Gasteiger partial charge in [-0.2, -0.15) is 0 Å². The van der Waals surface area contributed by atoms with Gasteiger partial charge in [-0.05, 0) is 52.4 Å². The number of nitrogens with one attached hydrogen (secondary N) is 1. The quantitative estimate of drug-likeness (QED) is 0.185. The molecule has 200 valence electrons. The first-order valence-corrected chi connectivity index (χ1v) is 13.5. The van der Waals surface area contributed by atoms with Crippen LogP contribution in [0, 0.1) is 0 Å². The van der Waals surface area contributed by atoms with Gasteiger partial charge in [0, 0.05) is 24.3 Å². The van der Waals surface area contributed by atoms with Gasteiger partial charge >= 0.3 is 5.97 Å². The van der Waals surface area contributed by atoms with Gasteiger partial charge in [-0.15, -0.1) is 0 Å². The summed E-state index contributed by atoms with van der Waals surface area (Å²) < 4.78 is 5.43. The highest BCUT2D eigenvalue weighted by Crippen LogP contribution is 2.30. The van der Waals surface area contributed by atoms with Crippen LogP contribution in [0.2, 0.25) is 0 Å². The first kappa shape index (κ1) is 26.9. The van der Waals surface area contributed by atoms with E-state index in [1.807, 2.05) is 109 Å². The molecule has 0 aromatic heterocycles. The lowest BCUT2D eigenvalue weighted by Crippen LogP contribution is -2.38. The van der Waals surface area contributed by atoms with E-state index in [2.05, 4.69) is 22.9 Å². The molecule has 1 N–H and O–H groups in total. The molecule has 0 radical (unpaired) electrons. The summed E-state index contributed by atoms with van der Waals surface area (Å²) in [6.07, 6.45) is 4.56. The Morgan fingerprint density at radius 3 is 2.20 bits per heavy atom. The highest BCUT2D eigenvalue weighted by atomic mass is 16.5. The molecule has 0 aliphatic carbocycles. The lowest BCUT2D eigenvalue weighted by molar-refractivity contribution is -0.149. The summed E-state index contributed by atoms with van der Waals surface area (Å²) in [7, 11) is 0. The fraction of sp³-hybridized carbons (Fsp3) is 0.143. The molecule has 1 unspecified atom stereocenters. The van der Waals surface area contributed by atoms with Gasteiger partial charge in [0.15, 0.2) is 0 Å². The number of ether oxygens (including phenoxy) is 1. The Hall–Kier alpha value is -4.74. The smallest absolute Gasteiger partial charge is 0.328 e. The highest BCUT2D eigenvalue weighted by Gasteiger charge is 2.30. The molecule has 5 heteroatoms. The molecule has 4 aromatic carbocycles. The number of hydrogen-bond acceptors (Lipinski definition) is 4. The predicted molar refractivity (Wildman–Crippen MR) is 161 cm³/mol. The number of hydrogen-bond donors (Lipinski definition) is 1. The van der Waals surface area contributed by atoms with Gasteiger partial charge in [-0.25, -0.2) is 4.79 Å². The molecular weight excluding hydrogens is 496 g/mol. The Kier molecular flexibility index (Phi) is 8.64. The zero-order valence-corrected chi connectivity index (χ0v) is 22.3. The maximum absolute atomic E-state index is 13.2. The Balaban J connectivity index is 1.27. The fourth-order valence-electron chi connectivity index (χ4n) is 5.05. The molecule has 0 saturated carbocycles. The van der Waals surface area contributed by atoms with E-state index in [1.54, 1.807) is 6.08 Å². The monoisotopic (exact) mass is 528 g/mol. The number of anilines is 1. The minimum atomic E-state index is -0.463. The SMILES string of the molecule is C=CCOC(=O)C(c1ccccc1)N1CC=C(c2ccc(NC(=O)c3ccccc3-c3ccccc3)cc2)CC1. The first-order valence-electron chi connectivity index (χ1n) is 13.5. The zero-order chi connectivity index (χ0) is 27.7. The van der Waals surface area contributed by atoms with Gasteiger partial charge in [-0.1, -0.05) is 110 Å². The standard InChI is InChI=1S/C35H32N2O3/c1-2-25-40-35(39)33(29-13-7-4-8-14-29)37-23-21-27(22-24-37)26-17-19-30(20-18-26)36-34(38)32-16-10-9-15-31(32)28-11-5-3-6-12-28/h2-21,33H,1,22-25H2,(H,36,38). The van der Waals surface area contributed by atoms with Crippen LogP contribution < -0.4 is 5.32 Å². The highest BCUT2D eigenvalue weighted by molar-refractivity contribution is 6.08. The molecule has 0 saturated heterocycles. The molecule has 0 fully saturated rings. The van der Waals surface area contributed by atoms with Crippen molar-refractivity contribution in [3.63, 3.8) is 0 Å². The van der Waals surface area contributed by atoms with E-state index in [0.29, 0.717) is 12.1 Å². The van der Waals surface area contributed by atoms with Crippen molar-refractivity contribution < 1.29 is 14.3 Å². The molecule has 1 amide bonds. The van der Waals surface area contributed by atoms with E-state index < -0.39 is 6.04 Å². The molecule has 40 heavy (non-hydrogen) atoms. The van der Waals surface area contributed by atoms with Gasteiger partial charge in [0.25, 0.3) is 5.91 Å². The van der Waals surface area contributed by atoms with Crippen molar-refractivity contribution >= 4 is 23.1 Å². The van der Waals surface area contributed by atoms with Crippen molar-refractivity contribution in [2.24, 2.45) is 0 Å². The third-order valence-corrected chi connectivity index (χ3v) is 7.06. The van der Waals surface area contributed by atoms with Crippen LogP contribution >= 0.6 is 0 Å². The third kappa shape index (κ3) is 6.28. The molecule has 1 heterocycles. The summed E-state index contributed by atoms with van der Waals surface area (Å²) in [5, 5.41) is 3.04. The molecular formula is C35H32N2O3. The van der Waals surface area contributed by atoms with Crippen LogP contribution in [0.3, 0.4) is 0 Å². The van der Waals surface area contributed by atoms with Gasteiger partial charge in [0.2, 0.25) is 0 Å². The molecule has 0 bridgehead atoms. The summed E-state index contributed by atoms with van der Waals surface area (Å²) in [5.41, 5.74) is 6.52. The molecule has 1 atom stereocenters. The largest absolute Gasteiger partial charge is 0.460 e. The minimum absolute atomic E-state index is 0.143. The lowest BCUT2D eigenvalue weighted by Gasteiger charge is -2.33. The Morgan fingerprint density at radius 2 is 1.52 bits per heavy atom. The molecule has 1 aliphatic rings. The second-order valence-electron chi connectivity index (χ2n) is 9.65. The zero-order valence-electron chi connectivity index (χ0n) is 22.3. The van der Waals surface area contributed by atoms with Crippen molar-refractivity contribution in [3.8, 4) is 11.1 Å². The topological polar surface area (TPSA) is 58.6 Å². The summed E-state index contributed by atoms with van der Waals surface area (Å²) in [6, 6.07) is 34.8. The van der Waals surface area contributed by atoms with Gasteiger partial charge in [0.1, 0.15) is 12.6 Å². The fourth-order valence-corrected chi connectivity index (χ4v) is 5.05. The van der Waals surface area contributed by atoms with Crippen LogP contribution in [0.1, 0.15) is 33.9 Å². The molecule has 5 rings (SSSR count). The van der Waals surface area contributed by atoms with Gasteiger partial charge in [-0.3, -0.25) is 9.69 Å². The van der Waals surface area contributed by atoms with Gasteiger partial charge < -0.3 is 10.1 Å². The lowest BCUT2D eigenvalue weighted by atomic mass is 9.96. The second-order valence-corrected chi connectivity index (χ2v) is 9.65. The predicted octanol–water partition coefficient (Wildman–Crippen LogP) is 7.17. The normalized spacial score (nSPS) is 14.1. The van der Waals surface area contributed by atoms with E-state index in [-0.39, 0.29) is 18.5 Å². The number of carbonyl (C=O) groups is 2. The number of carbonyl (C=O) groups excluding carboxylic acids is 2. The molecule has 0 spiro atoms.